The molecule has 0 saturated carbocycles. The van der Waals surface area contributed by atoms with Gasteiger partial charge in [0.1, 0.15) is 0 Å². The fraction of sp³-hybridized carbons (Fsp3) is 0.375. The SMILES string of the molecule is CCNS(=O)(=O)c1ccc(CNC(=O)c2n[nH]c3c2CNCC3)cc1. The van der Waals surface area contributed by atoms with Crippen molar-refractivity contribution in [2.75, 3.05) is 13.1 Å². The van der Waals surface area contributed by atoms with Crippen LogP contribution in [0.25, 0.3) is 0 Å². The molecule has 4 N–H and O–H groups in total. The van der Waals surface area contributed by atoms with E-state index >= 15 is 0 Å². The van der Waals surface area contributed by atoms with Gasteiger partial charge in [-0.15, -0.1) is 0 Å². The maximum Gasteiger partial charge on any atom is 0.272 e. The number of nitrogens with one attached hydrogen (secondary N) is 4. The van der Waals surface area contributed by atoms with Gasteiger partial charge in [0.25, 0.3) is 5.91 Å². The molecule has 1 aliphatic heterocycles. The number of amides is 1. The van der Waals surface area contributed by atoms with Crippen LogP contribution in [0.1, 0.15) is 34.2 Å². The van der Waals surface area contributed by atoms with Crippen LogP contribution in [0.5, 0.6) is 0 Å². The predicted molar refractivity (Wildman–Crippen MR) is 92.5 cm³/mol. The van der Waals surface area contributed by atoms with Crippen molar-refractivity contribution in [2.24, 2.45) is 0 Å². The van der Waals surface area contributed by atoms with Crippen LogP contribution in [0, 0.1) is 0 Å². The number of hydrogen-bond acceptors (Lipinski definition) is 5. The first-order valence-corrected chi connectivity index (χ1v) is 9.63. The molecule has 0 saturated heterocycles. The minimum atomic E-state index is -3.46. The molecule has 0 aliphatic carbocycles. The molecular weight excluding hydrogens is 342 g/mol. The minimum Gasteiger partial charge on any atom is -0.347 e. The summed E-state index contributed by atoms with van der Waals surface area (Å²) in [6, 6.07) is 6.43. The number of nitrogens with zero attached hydrogens (tertiary/aromatic N) is 1. The van der Waals surface area contributed by atoms with Crippen LogP contribution in [0.4, 0.5) is 0 Å². The highest BCUT2D eigenvalue weighted by Gasteiger charge is 2.21. The summed E-state index contributed by atoms with van der Waals surface area (Å²) in [7, 11) is -3.46. The highest BCUT2D eigenvalue weighted by molar-refractivity contribution is 7.89. The van der Waals surface area contributed by atoms with E-state index in [4.69, 9.17) is 0 Å². The van der Waals surface area contributed by atoms with E-state index in [9.17, 15) is 13.2 Å². The summed E-state index contributed by atoms with van der Waals surface area (Å²) < 4.78 is 26.2. The number of hydrogen-bond donors (Lipinski definition) is 4. The maximum absolute atomic E-state index is 12.3. The Balaban J connectivity index is 1.64. The van der Waals surface area contributed by atoms with E-state index < -0.39 is 10.0 Å². The summed E-state index contributed by atoms with van der Waals surface area (Å²) in [6.07, 6.45) is 0.831. The Bertz CT molecular complexity index is 858. The number of carbonyl (C=O) groups is 1. The molecule has 1 aromatic carbocycles. The number of aromatic amines is 1. The third-order valence-electron chi connectivity index (χ3n) is 4.04. The minimum absolute atomic E-state index is 0.205. The average molecular weight is 363 g/mol. The zero-order valence-corrected chi connectivity index (χ0v) is 14.7. The normalized spacial score (nSPS) is 14.1. The lowest BCUT2D eigenvalue weighted by atomic mass is 10.1. The number of rotatable bonds is 6. The molecule has 0 spiro atoms. The third-order valence-corrected chi connectivity index (χ3v) is 5.60. The van der Waals surface area contributed by atoms with Crippen molar-refractivity contribution in [2.45, 2.75) is 31.3 Å². The van der Waals surface area contributed by atoms with Crippen LogP contribution in [0.3, 0.4) is 0 Å². The molecule has 3 rings (SSSR count). The molecule has 25 heavy (non-hydrogen) atoms. The summed E-state index contributed by atoms with van der Waals surface area (Å²) in [6.45, 7) is 3.87. The lowest BCUT2D eigenvalue weighted by Gasteiger charge is -2.13. The highest BCUT2D eigenvalue weighted by Crippen LogP contribution is 2.15. The first-order valence-electron chi connectivity index (χ1n) is 8.15. The first kappa shape index (κ1) is 17.6. The number of benzene rings is 1. The third kappa shape index (κ3) is 3.89. The Hall–Kier alpha value is -2.23. The zero-order chi connectivity index (χ0) is 17.9. The summed E-state index contributed by atoms with van der Waals surface area (Å²) in [4.78, 5) is 12.5. The number of sulfonamides is 1. The van der Waals surface area contributed by atoms with Gasteiger partial charge in [0.15, 0.2) is 5.69 Å². The van der Waals surface area contributed by atoms with E-state index in [0.29, 0.717) is 25.3 Å². The second kappa shape index (κ2) is 7.34. The van der Waals surface area contributed by atoms with Gasteiger partial charge in [-0.05, 0) is 17.7 Å². The molecular formula is C16H21N5O3S. The van der Waals surface area contributed by atoms with Crippen LogP contribution in [-0.2, 0) is 29.5 Å². The van der Waals surface area contributed by atoms with Gasteiger partial charge in [0.05, 0.1) is 4.90 Å². The molecule has 2 aromatic rings. The highest BCUT2D eigenvalue weighted by atomic mass is 32.2. The summed E-state index contributed by atoms with van der Waals surface area (Å²) >= 11 is 0. The fourth-order valence-electron chi connectivity index (χ4n) is 2.74. The second-order valence-electron chi connectivity index (χ2n) is 5.78. The quantitative estimate of drug-likeness (QED) is 0.588. The van der Waals surface area contributed by atoms with Crippen molar-refractivity contribution >= 4 is 15.9 Å². The van der Waals surface area contributed by atoms with Crippen molar-refractivity contribution in [1.82, 2.24) is 25.6 Å². The Morgan fingerprint density at radius 3 is 2.76 bits per heavy atom. The predicted octanol–water partition coefficient (Wildman–Crippen LogP) is 0.284. The molecule has 0 bridgehead atoms. The molecule has 2 heterocycles. The van der Waals surface area contributed by atoms with Gasteiger partial charge < -0.3 is 10.6 Å². The number of aromatic nitrogens is 2. The van der Waals surface area contributed by atoms with Gasteiger partial charge in [-0.25, -0.2) is 13.1 Å². The molecule has 0 atom stereocenters. The Kier molecular flexibility index (Phi) is 5.16. The van der Waals surface area contributed by atoms with Gasteiger partial charge in [-0.2, -0.15) is 5.10 Å². The number of H-pyrrole nitrogens is 1. The summed E-state index contributed by atoms with van der Waals surface area (Å²) in [5, 5.41) is 13.1. The topological polar surface area (TPSA) is 116 Å². The van der Waals surface area contributed by atoms with E-state index in [1.54, 1.807) is 19.1 Å². The van der Waals surface area contributed by atoms with Crippen molar-refractivity contribution in [3.63, 3.8) is 0 Å². The Morgan fingerprint density at radius 1 is 1.28 bits per heavy atom. The van der Waals surface area contributed by atoms with Crippen LogP contribution in [-0.4, -0.2) is 37.6 Å². The van der Waals surface area contributed by atoms with Crippen molar-refractivity contribution in [3.05, 3.63) is 46.8 Å². The summed E-state index contributed by atoms with van der Waals surface area (Å²) in [5.74, 6) is -0.245. The Labute approximate surface area is 146 Å². The molecule has 8 nitrogen and oxygen atoms in total. The molecule has 0 radical (unpaired) electrons. The van der Waals surface area contributed by atoms with Crippen LogP contribution in [0.15, 0.2) is 29.2 Å². The summed E-state index contributed by atoms with van der Waals surface area (Å²) in [5.41, 5.74) is 3.14. The van der Waals surface area contributed by atoms with E-state index in [0.717, 1.165) is 29.8 Å². The molecule has 1 aliphatic rings. The average Bonchev–Trinajstić information content (AvgIpc) is 3.04. The standard InChI is InChI=1S/C16H21N5O3S/c1-2-19-25(23,24)12-5-3-11(4-6-12)9-18-16(22)15-13-10-17-8-7-14(13)20-21-15/h3-6,17,19H,2,7-10H2,1H3,(H,18,22)(H,20,21). The first-order chi connectivity index (χ1) is 12.0. The molecule has 1 aromatic heterocycles. The van der Waals surface area contributed by atoms with Crippen molar-refractivity contribution < 1.29 is 13.2 Å². The van der Waals surface area contributed by atoms with E-state index in [1.165, 1.54) is 12.1 Å². The zero-order valence-electron chi connectivity index (χ0n) is 13.9. The van der Waals surface area contributed by atoms with Crippen LogP contribution >= 0.6 is 0 Å². The van der Waals surface area contributed by atoms with Crippen molar-refractivity contribution in [3.8, 4) is 0 Å². The van der Waals surface area contributed by atoms with Gasteiger partial charge >= 0.3 is 0 Å². The molecule has 1 amide bonds. The van der Waals surface area contributed by atoms with E-state index in [1.807, 2.05) is 0 Å². The fourth-order valence-corrected chi connectivity index (χ4v) is 3.78. The molecule has 134 valence electrons. The van der Waals surface area contributed by atoms with Crippen LogP contribution in [0.2, 0.25) is 0 Å². The number of carbonyl (C=O) groups excluding carboxylic acids is 1. The van der Waals surface area contributed by atoms with Crippen LogP contribution < -0.4 is 15.4 Å². The molecule has 0 fully saturated rings. The lowest BCUT2D eigenvalue weighted by Crippen LogP contribution is -2.28. The van der Waals surface area contributed by atoms with Gasteiger partial charge in [0.2, 0.25) is 10.0 Å². The Morgan fingerprint density at radius 2 is 2.04 bits per heavy atom. The molecule has 9 heteroatoms. The lowest BCUT2D eigenvalue weighted by molar-refractivity contribution is 0.0944. The van der Waals surface area contributed by atoms with E-state index in [-0.39, 0.29) is 10.8 Å². The van der Waals surface area contributed by atoms with E-state index in [2.05, 4.69) is 25.6 Å². The van der Waals surface area contributed by atoms with Gasteiger partial charge in [0, 0.05) is 43.9 Å². The van der Waals surface area contributed by atoms with Crippen molar-refractivity contribution in [1.29, 1.82) is 0 Å². The maximum atomic E-state index is 12.3. The number of fused-ring (bicyclic) bond motifs is 1. The second-order valence-corrected chi connectivity index (χ2v) is 7.55. The monoisotopic (exact) mass is 363 g/mol. The van der Waals surface area contributed by atoms with Gasteiger partial charge in [-0.3, -0.25) is 9.89 Å². The molecule has 0 unspecified atom stereocenters. The largest absolute Gasteiger partial charge is 0.347 e. The smallest absolute Gasteiger partial charge is 0.272 e. The van der Waals surface area contributed by atoms with Gasteiger partial charge in [-0.1, -0.05) is 19.1 Å².